The van der Waals surface area contributed by atoms with Crippen LogP contribution in [0.1, 0.15) is 35.2 Å². The number of benzene rings is 2. The molecule has 2 saturated heterocycles. The lowest BCUT2D eigenvalue weighted by molar-refractivity contribution is -0.127. The Kier molecular flexibility index (Phi) is 6.43. The molecule has 0 unspecified atom stereocenters. The zero-order valence-corrected chi connectivity index (χ0v) is 17.1. The van der Waals surface area contributed by atoms with Crippen molar-refractivity contribution in [2.45, 2.75) is 31.8 Å². The Labute approximate surface area is 176 Å². The van der Waals surface area contributed by atoms with E-state index in [1.54, 1.807) is 4.90 Å². The molecule has 2 amide bonds. The fraction of sp³-hybridized carbons (Fsp3) is 0.417. The van der Waals surface area contributed by atoms with E-state index < -0.39 is 0 Å². The van der Waals surface area contributed by atoms with Crippen LogP contribution in [0, 0.1) is 11.7 Å². The fourth-order valence-corrected chi connectivity index (χ4v) is 4.41. The van der Waals surface area contributed by atoms with Gasteiger partial charge >= 0.3 is 0 Å². The molecule has 0 aromatic heterocycles. The number of halogens is 1. The molecule has 2 aromatic carbocycles. The highest BCUT2D eigenvalue weighted by Gasteiger charge is 2.31. The number of amides is 2. The van der Waals surface area contributed by atoms with Crippen LogP contribution < -0.4 is 5.32 Å². The first kappa shape index (κ1) is 20.5. The van der Waals surface area contributed by atoms with Crippen molar-refractivity contribution in [2.24, 2.45) is 5.92 Å². The third kappa shape index (κ3) is 5.05. The topological polar surface area (TPSA) is 52.7 Å². The zero-order chi connectivity index (χ0) is 20.9. The lowest BCUT2D eigenvalue weighted by Crippen LogP contribution is -2.48. The number of rotatable bonds is 5. The average Bonchev–Trinajstić information content (AvgIpc) is 3.21. The molecule has 1 N–H and O–H groups in total. The van der Waals surface area contributed by atoms with Crippen molar-refractivity contribution >= 4 is 11.8 Å². The largest absolute Gasteiger partial charge is 0.352 e. The van der Waals surface area contributed by atoms with Crippen molar-refractivity contribution in [3.63, 3.8) is 0 Å². The van der Waals surface area contributed by atoms with E-state index in [0.717, 1.165) is 38.9 Å². The van der Waals surface area contributed by atoms with Crippen LogP contribution in [-0.2, 0) is 11.3 Å². The molecule has 2 aliphatic heterocycles. The van der Waals surface area contributed by atoms with Crippen molar-refractivity contribution in [3.8, 4) is 0 Å². The van der Waals surface area contributed by atoms with Gasteiger partial charge in [0, 0.05) is 44.3 Å². The molecule has 0 radical (unpaired) electrons. The molecule has 0 saturated carbocycles. The second kappa shape index (κ2) is 9.39. The number of hydrogen-bond donors (Lipinski definition) is 1. The fourth-order valence-electron chi connectivity index (χ4n) is 4.41. The number of carbonyl (C=O) groups is 2. The highest BCUT2D eigenvalue weighted by molar-refractivity contribution is 5.94. The van der Waals surface area contributed by atoms with Crippen molar-refractivity contribution in [1.82, 2.24) is 15.1 Å². The summed E-state index contributed by atoms with van der Waals surface area (Å²) in [6.07, 6.45) is 2.54. The maximum Gasteiger partial charge on any atom is 0.253 e. The van der Waals surface area contributed by atoms with E-state index in [2.05, 4.69) is 22.3 Å². The molecule has 2 aliphatic rings. The Morgan fingerprint density at radius 3 is 2.50 bits per heavy atom. The number of nitrogens with zero attached hydrogens (tertiary/aromatic N) is 2. The smallest absolute Gasteiger partial charge is 0.253 e. The molecule has 2 heterocycles. The number of likely N-dealkylation sites (tertiary alicyclic amines) is 2. The maximum absolute atomic E-state index is 13.1. The first-order chi connectivity index (χ1) is 14.6. The van der Waals surface area contributed by atoms with Crippen LogP contribution in [0.3, 0.4) is 0 Å². The third-order valence-corrected chi connectivity index (χ3v) is 6.04. The minimum atomic E-state index is -0.361. The predicted octanol–water partition coefficient (Wildman–Crippen LogP) is 3.07. The summed E-state index contributed by atoms with van der Waals surface area (Å²) < 4.78 is 13.1. The second-order valence-electron chi connectivity index (χ2n) is 8.31. The van der Waals surface area contributed by atoms with Gasteiger partial charge in [-0.1, -0.05) is 30.3 Å². The normalized spacial score (nSPS) is 22.1. The number of carbonyl (C=O) groups excluding carboxylic acids is 2. The van der Waals surface area contributed by atoms with E-state index in [4.69, 9.17) is 0 Å². The quantitative estimate of drug-likeness (QED) is 0.826. The van der Waals surface area contributed by atoms with Crippen LogP contribution in [-0.4, -0.2) is 53.8 Å². The zero-order valence-electron chi connectivity index (χ0n) is 17.1. The van der Waals surface area contributed by atoms with Gasteiger partial charge < -0.3 is 10.2 Å². The van der Waals surface area contributed by atoms with Crippen molar-refractivity contribution in [3.05, 3.63) is 71.5 Å². The highest BCUT2D eigenvalue weighted by Crippen LogP contribution is 2.20. The summed E-state index contributed by atoms with van der Waals surface area (Å²) in [4.78, 5) is 29.6. The van der Waals surface area contributed by atoms with E-state index in [-0.39, 0.29) is 29.6 Å². The summed E-state index contributed by atoms with van der Waals surface area (Å²) in [7, 11) is 0. The lowest BCUT2D eigenvalue weighted by Gasteiger charge is -2.32. The van der Waals surface area contributed by atoms with Crippen LogP contribution in [0.2, 0.25) is 0 Å². The molecular weight excluding hydrogens is 381 g/mol. The first-order valence-electron chi connectivity index (χ1n) is 10.7. The van der Waals surface area contributed by atoms with Gasteiger partial charge in [-0.2, -0.15) is 0 Å². The molecular formula is C24H28FN3O2. The van der Waals surface area contributed by atoms with Crippen LogP contribution in [0.5, 0.6) is 0 Å². The van der Waals surface area contributed by atoms with Crippen molar-refractivity contribution in [1.29, 1.82) is 0 Å². The minimum Gasteiger partial charge on any atom is -0.352 e. The highest BCUT2D eigenvalue weighted by atomic mass is 19.1. The van der Waals surface area contributed by atoms with Crippen LogP contribution >= 0.6 is 0 Å². The SMILES string of the molecule is O=C(N[C@@H]1CCN(Cc2ccccc2)C1)[C@H]1CCCN(C(=O)c2ccc(F)cc2)C1. The van der Waals surface area contributed by atoms with Gasteiger partial charge in [0.15, 0.2) is 0 Å². The van der Waals surface area contributed by atoms with Gasteiger partial charge in [-0.05, 0) is 49.1 Å². The third-order valence-electron chi connectivity index (χ3n) is 6.04. The van der Waals surface area contributed by atoms with E-state index in [1.165, 1.54) is 29.8 Å². The number of nitrogens with one attached hydrogen (secondary N) is 1. The Bertz CT molecular complexity index is 872. The Morgan fingerprint density at radius 2 is 1.73 bits per heavy atom. The number of piperidine rings is 1. The molecule has 5 nitrogen and oxygen atoms in total. The number of hydrogen-bond acceptors (Lipinski definition) is 3. The molecule has 0 spiro atoms. The summed E-state index contributed by atoms with van der Waals surface area (Å²) in [5.74, 6) is -0.646. The van der Waals surface area contributed by atoms with Gasteiger partial charge in [-0.15, -0.1) is 0 Å². The predicted molar refractivity (Wildman–Crippen MR) is 113 cm³/mol. The second-order valence-corrected chi connectivity index (χ2v) is 8.31. The summed E-state index contributed by atoms with van der Waals surface area (Å²) in [5.41, 5.74) is 1.75. The van der Waals surface area contributed by atoms with E-state index in [0.29, 0.717) is 18.7 Å². The van der Waals surface area contributed by atoms with Crippen LogP contribution in [0.15, 0.2) is 54.6 Å². The lowest BCUT2D eigenvalue weighted by atomic mass is 9.96. The molecule has 0 aliphatic carbocycles. The summed E-state index contributed by atoms with van der Waals surface area (Å²) >= 11 is 0. The first-order valence-corrected chi connectivity index (χ1v) is 10.7. The van der Waals surface area contributed by atoms with Crippen molar-refractivity contribution in [2.75, 3.05) is 26.2 Å². The van der Waals surface area contributed by atoms with Crippen LogP contribution in [0.25, 0.3) is 0 Å². The molecule has 2 aromatic rings. The average molecular weight is 410 g/mol. The standard InChI is InChI=1S/C24H28FN3O2/c25-21-10-8-19(9-11-21)24(30)28-13-4-7-20(16-28)23(29)26-22-12-14-27(17-22)15-18-5-2-1-3-6-18/h1-3,5-6,8-11,20,22H,4,7,12-17H2,(H,26,29)/t20-,22+/m0/s1. The van der Waals surface area contributed by atoms with Gasteiger partial charge in [0.2, 0.25) is 5.91 Å². The van der Waals surface area contributed by atoms with E-state index >= 15 is 0 Å². The van der Waals surface area contributed by atoms with Gasteiger partial charge in [0.1, 0.15) is 5.82 Å². The van der Waals surface area contributed by atoms with Gasteiger partial charge in [0.25, 0.3) is 5.91 Å². The van der Waals surface area contributed by atoms with E-state index in [9.17, 15) is 14.0 Å². The van der Waals surface area contributed by atoms with Gasteiger partial charge in [-0.25, -0.2) is 4.39 Å². The summed E-state index contributed by atoms with van der Waals surface area (Å²) in [6.45, 7) is 3.78. The minimum absolute atomic E-state index is 0.0400. The molecule has 4 rings (SSSR count). The van der Waals surface area contributed by atoms with E-state index in [1.807, 2.05) is 18.2 Å². The molecule has 158 valence electrons. The van der Waals surface area contributed by atoms with Gasteiger partial charge in [-0.3, -0.25) is 14.5 Å². The maximum atomic E-state index is 13.1. The molecule has 30 heavy (non-hydrogen) atoms. The van der Waals surface area contributed by atoms with Crippen LogP contribution in [0.4, 0.5) is 4.39 Å². The molecule has 0 bridgehead atoms. The van der Waals surface area contributed by atoms with Crippen molar-refractivity contribution < 1.29 is 14.0 Å². The molecule has 2 atom stereocenters. The van der Waals surface area contributed by atoms with Gasteiger partial charge in [0.05, 0.1) is 5.92 Å². The summed E-state index contributed by atoms with van der Waals surface area (Å²) in [6, 6.07) is 16.1. The molecule has 6 heteroatoms. The monoisotopic (exact) mass is 409 g/mol. The summed E-state index contributed by atoms with van der Waals surface area (Å²) in [5, 5.41) is 3.20. The Morgan fingerprint density at radius 1 is 0.967 bits per heavy atom. The Hall–Kier alpha value is -2.73. The molecule has 2 fully saturated rings. The Balaban J connectivity index is 1.28.